The van der Waals surface area contributed by atoms with E-state index < -0.39 is 155 Å². The van der Waals surface area contributed by atoms with E-state index in [1.807, 2.05) is 0 Å². The average molecular weight is 1110 g/mol. The second-order valence-electron chi connectivity index (χ2n) is 15.6. The summed E-state index contributed by atoms with van der Waals surface area (Å²) in [6, 6.07) is 12.6. The lowest BCUT2D eigenvalue weighted by Crippen LogP contribution is -2.35. The summed E-state index contributed by atoms with van der Waals surface area (Å²) in [6.07, 6.45) is 3.46. The van der Waals surface area contributed by atoms with Gasteiger partial charge in [0, 0.05) is 28.3 Å². The summed E-state index contributed by atoms with van der Waals surface area (Å²) in [5.74, 6) is -5.84. The number of hydrazine groups is 1. The smallest absolute Gasteiger partial charge is 0.296 e. The molecule has 0 spiro atoms. The lowest BCUT2D eigenvalue weighted by atomic mass is 9.87. The molecule has 32 heteroatoms. The van der Waals surface area contributed by atoms with E-state index in [2.05, 4.69) is 31.9 Å². The number of nitrogens with one attached hydrogen (secondary N) is 4. The van der Waals surface area contributed by atoms with Crippen molar-refractivity contribution >= 4 is 109 Å². The van der Waals surface area contributed by atoms with Crippen LogP contribution in [-0.4, -0.2) is 110 Å². The summed E-state index contributed by atoms with van der Waals surface area (Å²) in [6.45, 7) is 0. The van der Waals surface area contributed by atoms with Gasteiger partial charge in [0.15, 0.2) is 17.2 Å². The zero-order chi connectivity index (χ0) is 54.2. The lowest BCUT2D eigenvalue weighted by molar-refractivity contribution is -0.115. The number of aromatic hydroxyl groups is 2. The van der Waals surface area contributed by atoms with E-state index in [4.69, 9.17) is 0 Å². The van der Waals surface area contributed by atoms with Gasteiger partial charge in [0.1, 0.15) is 27.0 Å². The molecule has 27 nitrogen and oxygen atoms in total. The lowest BCUT2D eigenvalue weighted by Gasteiger charge is -2.24. The monoisotopic (exact) mass is 1110 g/mol. The van der Waals surface area contributed by atoms with E-state index >= 15 is 0 Å². The van der Waals surface area contributed by atoms with Crippen molar-refractivity contribution in [2.24, 2.45) is 10.2 Å². The number of hydrogen-bond acceptors (Lipinski definition) is 22. The van der Waals surface area contributed by atoms with Crippen LogP contribution < -0.4 is 21.7 Å². The minimum atomic E-state index is -5.38. The maximum atomic E-state index is 14.0. The number of benzene rings is 4. The Balaban J connectivity index is 1.08. The molecule has 0 atom stereocenters. The van der Waals surface area contributed by atoms with Crippen molar-refractivity contribution in [1.82, 2.24) is 10.9 Å². The Hall–Kier alpha value is -8.31. The third-order valence-electron chi connectivity index (χ3n) is 10.8. The van der Waals surface area contributed by atoms with Gasteiger partial charge in [-0.3, -0.25) is 63.6 Å². The van der Waals surface area contributed by atoms with E-state index in [1.54, 1.807) is 0 Å². The molecule has 0 unspecified atom stereocenters. The Morgan fingerprint density at radius 3 is 1.35 bits per heavy atom. The molecule has 0 fully saturated rings. The Morgan fingerprint density at radius 2 is 0.905 bits per heavy atom. The fraction of sp³-hybridized carbons (Fsp3) is 0. The van der Waals surface area contributed by atoms with Crippen LogP contribution in [0.4, 0.5) is 11.4 Å². The molecule has 0 amide bonds. The highest BCUT2D eigenvalue weighted by molar-refractivity contribution is 7.91. The van der Waals surface area contributed by atoms with Crippen molar-refractivity contribution in [1.29, 1.82) is 0 Å². The highest BCUT2D eigenvalue weighted by Gasteiger charge is 2.38. The molecule has 0 saturated heterocycles. The summed E-state index contributed by atoms with van der Waals surface area (Å²) in [5.41, 5.74) is 3.97. The van der Waals surface area contributed by atoms with Crippen LogP contribution in [0, 0.1) is 0 Å². The Bertz CT molecular complexity index is 4190. The predicted octanol–water partition coefficient (Wildman–Crippen LogP) is 2.14. The highest BCUT2D eigenvalue weighted by Crippen LogP contribution is 2.36. The topological polar surface area (TPSA) is 453 Å². The molecule has 0 radical (unpaired) electrons. The molecule has 4 aliphatic carbocycles. The van der Waals surface area contributed by atoms with Gasteiger partial charge >= 0.3 is 0 Å². The largest absolute Gasteiger partial charge is 0.506 e. The van der Waals surface area contributed by atoms with E-state index in [-0.39, 0.29) is 33.6 Å². The van der Waals surface area contributed by atoms with Crippen LogP contribution in [0.15, 0.2) is 148 Å². The summed E-state index contributed by atoms with van der Waals surface area (Å²) >= 11 is 0. The summed E-state index contributed by atoms with van der Waals surface area (Å²) in [5, 5.41) is 29.5. The van der Waals surface area contributed by atoms with Gasteiger partial charge in [-0.05, 0) is 107 Å². The quantitative estimate of drug-likeness (QED) is 0.0519. The zero-order valence-electron chi connectivity index (χ0n) is 36.1. The molecule has 0 saturated carbocycles. The predicted molar refractivity (Wildman–Crippen MR) is 257 cm³/mol. The van der Waals surface area contributed by atoms with E-state index in [1.165, 1.54) is 24.3 Å². The number of hydrogen-bond donors (Lipinski definition) is 11. The Kier molecular flexibility index (Phi) is 12.9. The molecule has 11 N–H and O–H groups in total. The number of anilines is 2. The van der Waals surface area contributed by atoms with Crippen LogP contribution in [0.1, 0.15) is 31.8 Å². The number of phenols is 2. The molecular formula is C42H28N6O21S5. The zero-order valence-corrected chi connectivity index (χ0v) is 40.2. The second kappa shape index (κ2) is 18.3. The molecule has 74 heavy (non-hydrogen) atoms. The number of Topliss-reactive ketones (excluding diaryl/α,β-unsaturated/α-hetero) is 3. The average Bonchev–Trinajstić information content (AvgIpc) is 3.29. The third-order valence-corrected chi connectivity index (χ3v) is 15.1. The molecule has 382 valence electrons. The molecule has 0 heterocycles. The van der Waals surface area contributed by atoms with E-state index in [0.717, 1.165) is 60.7 Å². The summed E-state index contributed by atoms with van der Waals surface area (Å²) in [4.78, 5) is 49.3. The van der Waals surface area contributed by atoms with Crippen LogP contribution in [0.5, 0.6) is 11.5 Å². The highest BCUT2D eigenvalue weighted by atomic mass is 32.2. The van der Waals surface area contributed by atoms with Crippen molar-refractivity contribution in [3.63, 3.8) is 0 Å². The number of fused-ring (bicyclic) bond motifs is 3. The maximum absolute atomic E-state index is 14.0. The maximum Gasteiger partial charge on any atom is 0.296 e. The molecule has 0 aliphatic heterocycles. The summed E-state index contributed by atoms with van der Waals surface area (Å²) in [7, 11) is -25.3. The van der Waals surface area contributed by atoms with Gasteiger partial charge in [0.25, 0.3) is 50.6 Å². The van der Waals surface area contributed by atoms with E-state index in [9.17, 15) is 94.2 Å². The molecule has 4 aliphatic rings. The second-order valence-corrected chi connectivity index (χ2v) is 22.6. The number of phenolic OH excluding ortho intramolecular Hbond substituents is 2. The first-order chi connectivity index (χ1) is 34.3. The number of nitrogens with zero attached hydrogens (tertiary/aromatic N) is 2. The molecule has 4 aromatic rings. The number of rotatable bonds is 13. The number of ketones is 4. The van der Waals surface area contributed by atoms with Crippen molar-refractivity contribution < 1.29 is 94.2 Å². The van der Waals surface area contributed by atoms with Gasteiger partial charge in [-0.1, -0.05) is 12.1 Å². The molecule has 0 bridgehead atoms. The first-order valence-electron chi connectivity index (χ1n) is 19.8. The molecular weight excluding hydrogens is 1080 g/mol. The molecule has 4 aromatic carbocycles. The number of carbonyl (C=O) groups excluding carboxylic acids is 4. The first kappa shape index (κ1) is 52.0. The Morgan fingerprint density at radius 1 is 0.432 bits per heavy atom. The van der Waals surface area contributed by atoms with E-state index in [0.29, 0.717) is 18.2 Å². The minimum Gasteiger partial charge on any atom is -0.506 e. The van der Waals surface area contributed by atoms with Crippen LogP contribution in [0.3, 0.4) is 0 Å². The fourth-order valence-corrected chi connectivity index (χ4v) is 10.2. The van der Waals surface area contributed by atoms with Gasteiger partial charge in [-0.2, -0.15) is 52.3 Å². The van der Waals surface area contributed by atoms with Crippen LogP contribution in [0.2, 0.25) is 0 Å². The van der Waals surface area contributed by atoms with Gasteiger partial charge in [-0.25, -0.2) is 0 Å². The molecule has 0 aromatic heterocycles. The van der Waals surface area contributed by atoms with Crippen molar-refractivity contribution in [3.8, 4) is 22.6 Å². The van der Waals surface area contributed by atoms with Crippen LogP contribution in [0.25, 0.3) is 23.3 Å². The van der Waals surface area contributed by atoms with Crippen molar-refractivity contribution in [2.75, 3.05) is 10.9 Å². The van der Waals surface area contributed by atoms with Crippen LogP contribution in [-0.2, 0) is 60.2 Å². The number of allylic oxidation sites excluding steroid dienone is 7. The van der Waals surface area contributed by atoms with Gasteiger partial charge in [0.2, 0.25) is 17.3 Å². The third kappa shape index (κ3) is 10.2. The van der Waals surface area contributed by atoms with Gasteiger partial charge in [0.05, 0.1) is 31.8 Å². The van der Waals surface area contributed by atoms with Crippen LogP contribution >= 0.6 is 0 Å². The van der Waals surface area contributed by atoms with Crippen molar-refractivity contribution in [3.05, 3.63) is 151 Å². The number of hydrazone groups is 2. The first-order valence-corrected chi connectivity index (χ1v) is 27.0. The summed E-state index contributed by atoms with van der Waals surface area (Å²) < 4.78 is 169. The fourth-order valence-electron chi connectivity index (χ4n) is 7.31. The number of carbonyl (C=O) groups is 4. The standard InChI is InChI=1S/C42H28N6O21S5/c49-32-16-24(72(61,62)63)15-28-27(32)17-31(37(42(28)54)46-48-39-36(74(67,68)69)14-21-10-23(71(58,59)60)4-6-26(21)41(39)53)45-43-29-7-1-18(11-33(29)50)19-2-8-30(34(51)12-19)44-47-38-35(73(64,65)66)13-20-9-22(70(55,56)57)3-5-25(20)40(38)52/h1-17,43-46,50-51H,(H,55,56,57)(H,58,59,60)(H,61,62,63)(H,64,65,66)(H,67,68,69). The SMILES string of the molecule is O=C1C=C(S(=O)(=O)O)C=C2C(=O)C(NN=C3C(=O)c4ccc(S(=O)(=O)O)cc4C=C3S(=O)(=O)O)=C(NNc3ccc(-c4ccc(NN=C5C(=O)c6ccc(S(=O)(=O)O)cc6C=C5S(=O)(=O)O)c(O)c4)cc3O)C=C12. The van der Waals surface area contributed by atoms with Gasteiger partial charge < -0.3 is 10.2 Å². The van der Waals surface area contributed by atoms with Gasteiger partial charge in [-0.15, -0.1) is 0 Å². The van der Waals surface area contributed by atoms with Crippen molar-refractivity contribution in [2.45, 2.75) is 9.79 Å². The molecule has 8 rings (SSSR count). The minimum absolute atomic E-state index is 0.170. The normalized spacial score (nSPS) is 17.3. The Labute approximate surface area is 415 Å².